The van der Waals surface area contributed by atoms with Gasteiger partial charge in [-0.05, 0) is 36.8 Å². The molecular formula is C17H15FN2O. The molecule has 2 atom stereocenters. The molecule has 2 aromatic rings. The van der Waals surface area contributed by atoms with Crippen LogP contribution >= 0.6 is 0 Å². The molecular weight excluding hydrogens is 267 g/mol. The number of benzene rings is 2. The molecule has 2 aromatic carbocycles. The highest BCUT2D eigenvalue weighted by molar-refractivity contribution is 6.07. The van der Waals surface area contributed by atoms with E-state index in [1.165, 1.54) is 12.1 Å². The molecule has 0 spiro atoms. The van der Waals surface area contributed by atoms with Crippen LogP contribution < -0.4 is 5.32 Å². The van der Waals surface area contributed by atoms with Crippen LogP contribution in [0.5, 0.6) is 0 Å². The van der Waals surface area contributed by atoms with E-state index in [0.29, 0.717) is 16.3 Å². The summed E-state index contributed by atoms with van der Waals surface area (Å²) in [7, 11) is 0. The van der Waals surface area contributed by atoms with Crippen LogP contribution in [0.4, 0.5) is 4.39 Å². The third-order valence-corrected chi connectivity index (χ3v) is 4.11. The Bertz CT molecular complexity index is 735. The lowest BCUT2D eigenvalue weighted by Crippen LogP contribution is -2.37. The summed E-state index contributed by atoms with van der Waals surface area (Å²) in [6.07, 6.45) is 2.60. The molecule has 4 heteroatoms. The van der Waals surface area contributed by atoms with Crippen molar-refractivity contribution in [2.45, 2.75) is 25.3 Å². The van der Waals surface area contributed by atoms with Crippen molar-refractivity contribution in [3.63, 3.8) is 0 Å². The molecule has 1 saturated carbocycles. The summed E-state index contributed by atoms with van der Waals surface area (Å²) in [4.78, 5) is 12.4. The van der Waals surface area contributed by atoms with Crippen molar-refractivity contribution < 1.29 is 9.18 Å². The minimum absolute atomic E-state index is 0.105. The lowest BCUT2D eigenvalue weighted by atomic mass is 10.0. The molecule has 0 bridgehead atoms. The normalized spacial score (nSPS) is 21.1. The zero-order chi connectivity index (χ0) is 14.8. The predicted molar refractivity (Wildman–Crippen MR) is 78.1 cm³/mol. The summed E-state index contributed by atoms with van der Waals surface area (Å²) in [5.41, 5.74) is 0.454. The third-order valence-electron chi connectivity index (χ3n) is 4.11. The van der Waals surface area contributed by atoms with Crippen LogP contribution in [-0.2, 0) is 0 Å². The summed E-state index contributed by atoms with van der Waals surface area (Å²) in [5.74, 6) is -0.697. The Morgan fingerprint density at radius 1 is 1.19 bits per heavy atom. The smallest absolute Gasteiger partial charge is 0.252 e. The van der Waals surface area contributed by atoms with Gasteiger partial charge < -0.3 is 5.32 Å². The molecule has 1 amide bonds. The number of fused-ring (bicyclic) bond motifs is 1. The SMILES string of the molecule is N#CC1CCCC1NC(=O)c1ccc(F)c2ccccc12. The number of carbonyl (C=O) groups is 1. The molecule has 1 N–H and O–H groups in total. The maximum atomic E-state index is 13.8. The predicted octanol–water partition coefficient (Wildman–Crippen LogP) is 3.40. The van der Waals surface area contributed by atoms with Gasteiger partial charge in [0, 0.05) is 17.0 Å². The molecule has 2 unspecified atom stereocenters. The van der Waals surface area contributed by atoms with Crippen LogP contribution in [-0.4, -0.2) is 11.9 Å². The van der Waals surface area contributed by atoms with Crippen LogP contribution in [0.2, 0.25) is 0 Å². The van der Waals surface area contributed by atoms with Crippen molar-refractivity contribution in [3.8, 4) is 6.07 Å². The zero-order valence-corrected chi connectivity index (χ0v) is 11.5. The summed E-state index contributed by atoms with van der Waals surface area (Å²) < 4.78 is 13.8. The fraction of sp³-hybridized carbons (Fsp3) is 0.294. The Labute approximate surface area is 122 Å². The molecule has 1 fully saturated rings. The molecule has 0 aromatic heterocycles. The van der Waals surface area contributed by atoms with E-state index in [1.807, 2.05) is 0 Å². The first-order valence-electron chi connectivity index (χ1n) is 7.08. The average Bonchev–Trinajstić information content (AvgIpc) is 2.95. The first-order valence-corrected chi connectivity index (χ1v) is 7.08. The molecule has 21 heavy (non-hydrogen) atoms. The van der Waals surface area contributed by atoms with Gasteiger partial charge in [-0.3, -0.25) is 4.79 Å². The highest BCUT2D eigenvalue weighted by Crippen LogP contribution is 2.26. The molecule has 3 rings (SSSR count). The van der Waals surface area contributed by atoms with Crippen molar-refractivity contribution in [2.75, 3.05) is 0 Å². The Kier molecular flexibility index (Phi) is 3.57. The van der Waals surface area contributed by atoms with Gasteiger partial charge in [-0.15, -0.1) is 0 Å². The van der Waals surface area contributed by atoms with E-state index in [2.05, 4.69) is 11.4 Å². The number of rotatable bonds is 2. The second kappa shape index (κ2) is 5.53. The second-order valence-corrected chi connectivity index (χ2v) is 5.39. The van der Waals surface area contributed by atoms with Gasteiger partial charge in [0.05, 0.1) is 12.0 Å². The number of hydrogen-bond donors (Lipinski definition) is 1. The van der Waals surface area contributed by atoms with Crippen molar-refractivity contribution >= 4 is 16.7 Å². The van der Waals surface area contributed by atoms with Gasteiger partial charge in [-0.1, -0.05) is 24.3 Å². The summed E-state index contributed by atoms with van der Waals surface area (Å²) >= 11 is 0. The number of nitriles is 1. The number of carbonyl (C=O) groups excluding carboxylic acids is 1. The standard InChI is InChI=1S/C17H15FN2O/c18-15-9-8-14(12-5-1-2-6-13(12)15)17(21)20-16-7-3-4-11(16)10-19/h1-2,5-6,8-9,11,16H,3-4,7H2,(H,20,21). The van der Waals surface area contributed by atoms with Gasteiger partial charge >= 0.3 is 0 Å². The molecule has 3 nitrogen and oxygen atoms in total. The van der Waals surface area contributed by atoms with Crippen LogP contribution in [0.3, 0.4) is 0 Å². The summed E-state index contributed by atoms with van der Waals surface area (Å²) in [5, 5.41) is 13.0. The Morgan fingerprint density at radius 3 is 2.71 bits per heavy atom. The highest BCUT2D eigenvalue weighted by atomic mass is 19.1. The molecule has 106 valence electrons. The van der Waals surface area contributed by atoms with Crippen molar-refractivity contribution in [3.05, 3.63) is 47.8 Å². The van der Waals surface area contributed by atoms with Crippen molar-refractivity contribution in [1.29, 1.82) is 5.26 Å². The summed E-state index contributed by atoms with van der Waals surface area (Å²) in [6, 6.07) is 11.9. The highest BCUT2D eigenvalue weighted by Gasteiger charge is 2.29. The topological polar surface area (TPSA) is 52.9 Å². The lowest BCUT2D eigenvalue weighted by molar-refractivity contribution is 0.0934. The average molecular weight is 282 g/mol. The van der Waals surface area contributed by atoms with Gasteiger partial charge in [0.2, 0.25) is 0 Å². The maximum Gasteiger partial charge on any atom is 0.252 e. The zero-order valence-electron chi connectivity index (χ0n) is 11.5. The molecule has 0 saturated heterocycles. The van der Waals surface area contributed by atoms with E-state index in [-0.39, 0.29) is 23.7 Å². The minimum atomic E-state index is -0.335. The van der Waals surface area contributed by atoms with Gasteiger partial charge in [-0.25, -0.2) is 4.39 Å². The molecule has 0 aliphatic heterocycles. The molecule has 1 aliphatic rings. The minimum Gasteiger partial charge on any atom is -0.348 e. The third kappa shape index (κ3) is 2.47. The number of hydrogen-bond acceptors (Lipinski definition) is 2. The van der Waals surface area contributed by atoms with E-state index in [4.69, 9.17) is 5.26 Å². The van der Waals surface area contributed by atoms with Gasteiger partial charge in [0.15, 0.2) is 0 Å². The first kappa shape index (κ1) is 13.6. The van der Waals surface area contributed by atoms with E-state index in [0.717, 1.165) is 19.3 Å². The molecule has 0 radical (unpaired) electrons. The van der Waals surface area contributed by atoms with Crippen LogP contribution in [0.25, 0.3) is 10.8 Å². The van der Waals surface area contributed by atoms with Gasteiger partial charge in [-0.2, -0.15) is 5.26 Å². The van der Waals surface area contributed by atoms with Crippen LogP contribution in [0.1, 0.15) is 29.6 Å². The van der Waals surface area contributed by atoms with Gasteiger partial charge in [0.1, 0.15) is 5.82 Å². The van der Waals surface area contributed by atoms with Crippen molar-refractivity contribution in [2.24, 2.45) is 5.92 Å². The Balaban J connectivity index is 1.92. The molecule has 1 aliphatic carbocycles. The van der Waals surface area contributed by atoms with Crippen LogP contribution in [0, 0.1) is 23.1 Å². The van der Waals surface area contributed by atoms with Crippen molar-refractivity contribution in [1.82, 2.24) is 5.32 Å². The maximum absolute atomic E-state index is 13.8. The molecule has 0 heterocycles. The fourth-order valence-electron chi connectivity index (χ4n) is 2.99. The number of amides is 1. The first-order chi connectivity index (χ1) is 10.2. The fourth-order valence-corrected chi connectivity index (χ4v) is 2.99. The lowest BCUT2D eigenvalue weighted by Gasteiger charge is -2.16. The van der Waals surface area contributed by atoms with Gasteiger partial charge in [0.25, 0.3) is 5.91 Å². The Hall–Kier alpha value is -2.41. The van der Waals surface area contributed by atoms with E-state index >= 15 is 0 Å². The van der Waals surface area contributed by atoms with E-state index in [1.54, 1.807) is 24.3 Å². The monoisotopic (exact) mass is 282 g/mol. The Morgan fingerprint density at radius 2 is 1.95 bits per heavy atom. The summed E-state index contributed by atoms with van der Waals surface area (Å²) in [6.45, 7) is 0. The second-order valence-electron chi connectivity index (χ2n) is 5.39. The number of nitrogens with one attached hydrogen (secondary N) is 1. The van der Waals surface area contributed by atoms with E-state index < -0.39 is 0 Å². The largest absolute Gasteiger partial charge is 0.348 e. The quantitative estimate of drug-likeness (QED) is 0.917. The number of halogens is 1. The van der Waals surface area contributed by atoms with E-state index in [9.17, 15) is 9.18 Å². The van der Waals surface area contributed by atoms with Crippen LogP contribution in [0.15, 0.2) is 36.4 Å². The number of nitrogens with zero attached hydrogens (tertiary/aromatic N) is 1.